The van der Waals surface area contributed by atoms with Gasteiger partial charge in [-0.15, -0.1) is 0 Å². The molecule has 2 aliphatic heterocycles. The second-order valence-corrected chi connectivity index (χ2v) is 12.4. The summed E-state index contributed by atoms with van der Waals surface area (Å²) < 4.78 is 13.6. The number of ether oxygens (including phenoxy) is 2. The fraction of sp³-hybridized carbons (Fsp3) is 0.571. The number of benzene rings is 1. The zero-order valence-corrected chi connectivity index (χ0v) is 24.6. The second kappa shape index (κ2) is 11.8. The van der Waals surface area contributed by atoms with Crippen LogP contribution >= 0.6 is 43.5 Å². The number of aryl methyl sites for hydroxylation is 2. The summed E-state index contributed by atoms with van der Waals surface area (Å²) in [4.78, 5) is 20.3. The summed E-state index contributed by atoms with van der Waals surface area (Å²) in [6.45, 7) is 4.86. The Morgan fingerprint density at radius 1 is 1.17 bits per heavy atom. The summed E-state index contributed by atoms with van der Waals surface area (Å²) in [5, 5.41) is 0.761. The van der Waals surface area contributed by atoms with E-state index in [1.54, 1.807) is 0 Å². The summed E-state index contributed by atoms with van der Waals surface area (Å²) in [5.74, 6) is 0.965. The average molecular weight is 641 g/mol. The Kier molecular flexibility index (Phi) is 8.73. The van der Waals surface area contributed by atoms with Gasteiger partial charge in [0.2, 0.25) is 5.91 Å². The van der Waals surface area contributed by atoms with Crippen LogP contribution in [0.4, 0.5) is 0 Å². The van der Waals surface area contributed by atoms with Crippen molar-refractivity contribution in [2.45, 2.75) is 64.1 Å². The molecule has 3 heterocycles. The zero-order valence-electron chi connectivity index (χ0n) is 20.7. The molecule has 3 aliphatic rings. The van der Waals surface area contributed by atoms with E-state index in [-0.39, 0.29) is 24.0 Å². The number of likely N-dealkylation sites (tertiary alicyclic amines) is 1. The maximum Gasteiger partial charge on any atom is 0.223 e. The average Bonchev–Trinajstić information content (AvgIpc) is 3.02. The Bertz CT molecular complexity index is 1100. The predicted octanol–water partition coefficient (Wildman–Crippen LogP) is 6.91. The molecule has 0 saturated carbocycles. The van der Waals surface area contributed by atoms with E-state index in [0.717, 1.165) is 72.2 Å². The zero-order chi connectivity index (χ0) is 25.2. The lowest BCUT2D eigenvalue weighted by Gasteiger charge is -2.38. The largest absolute Gasteiger partial charge is 0.353 e. The number of piperidine rings is 1. The minimum Gasteiger partial charge on any atom is -0.353 e. The molecule has 0 spiro atoms. The number of carbonyl (C=O) groups excluding carboxylic acids is 1. The highest BCUT2D eigenvalue weighted by Crippen LogP contribution is 2.46. The van der Waals surface area contributed by atoms with Gasteiger partial charge in [0, 0.05) is 64.7 Å². The number of halogens is 3. The van der Waals surface area contributed by atoms with E-state index in [4.69, 9.17) is 26.1 Å². The van der Waals surface area contributed by atoms with Crippen LogP contribution in [-0.2, 0) is 27.1 Å². The molecule has 0 bridgehead atoms. The second-order valence-electron chi connectivity index (χ2n) is 10.2. The van der Waals surface area contributed by atoms with Crippen molar-refractivity contribution in [1.29, 1.82) is 0 Å². The van der Waals surface area contributed by atoms with Gasteiger partial charge in [0.05, 0.1) is 5.69 Å². The third-order valence-electron chi connectivity index (χ3n) is 7.94. The molecular weight excluding hydrogens is 608 g/mol. The minimum atomic E-state index is -0.251. The van der Waals surface area contributed by atoms with Crippen molar-refractivity contribution in [1.82, 2.24) is 9.88 Å². The van der Waals surface area contributed by atoms with Gasteiger partial charge in [-0.1, -0.05) is 27.5 Å². The molecule has 1 aliphatic carbocycles. The number of hydrogen-bond acceptors (Lipinski definition) is 4. The van der Waals surface area contributed by atoms with Gasteiger partial charge in [-0.05, 0) is 102 Å². The van der Waals surface area contributed by atoms with Crippen LogP contribution in [0.5, 0.6) is 0 Å². The molecule has 3 atom stereocenters. The Morgan fingerprint density at radius 3 is 2.72 bits per heavy atom. The van der Waals surface area contributed by atoms with E-state index in [0.29, 0.717) is 18.9 Å². The maximum atomic E-state index is 13.3. The van der Waals surface area contributed by atoms with Gasteiger partial charge < -0.3 is 14.4 Å². The van der Waals surface area contributed by atoms with Crippen LogP contribution in [0.15, 0.2) is 33.3 Å². The molecule has 8 heteroatoms. The Hall–Kier alpha value is -0.990. The van der Waals surface area contributed by atoms with Gasteiger partial charge in [-0.3, -0.25) is 9.78 Å². The van der Waals surface area contributed by atoms with Crippen molar-refractivity contribution in [3.8, 4) is 0 Å². The lowest BCUT2D eigenvalue weighted by atomic mass is 9.76. The first kappa shape index (κ1) is 26.6. The first-order chi connectivity index (χ1) is 17.4. The molecule has 5 nitrogen and oxygen atoms in total. The summed E-state index contributed by atoms with van der Waals surface area (Å²) in [6, 6.07) is 6.35. The van der Waals surface area contributed by atoms with E-state index in [2.05, 4.69) is 48.9 Å². The number of pyridine rings is 1. The van der Waals surface area contributed by atoms with Crippen molar-refractivity contribution >= 4 is 49.4 Å². The number of carbonyl (C=O) groups is 1. The Balaban J connectivity index is 1.34. The standard InChI is InChI=1S/C28H33Br2ClN2O3/c1-2-35-28-20(4-3-11-36-28)14-24(34)33-9-7-17(8-10-33)26-25-18(13-22(31)15-23(25)30)5-6-19-12-21(29)16-32-27(19)26/h12-13,15-17,20,26,28H,2-11,14H2,1H3/t20?,26-,28?/m1/s1. The first-order valence-corrected chi connectivity index (χ1v) is 15.0. The topological polar surface area (TPSA) is 51.7 Å². The summed E-state index contributed by atoms with van der Waals surface area (Å²) in [5.41, 5.74) is 5.08. The number of aromatic nitrogens is 1. The van der Waals surface area contributed by atoms with Crippen LogP contribution in [0.3, 0.4) is 0 Å². The van der Waals surface area contributed by atoms with Crippen LogP contribution in [0.1, 0.15) is 67.3 Å². The minimum absolute atomic E-state index is 0.146. The lowest BCUT2D eigenvalue weighted by molar-refractivity contribution is -0.193. The van der Waals surface area contributed by atoms with E-state index in [1.165, 1.54) is 22.4 Å². The molecule has 194 valence electrons. The fourth-order valence-corrected chi connectivity index (χ4v) is 7.73. The van der Waals surface area contributed by atoms with Crippen LogP contribution < -0.4 is 0 Å². The molecule has 1 aromatic heterocycles. The van der Waals surface area contributed by atoms with Gasteiger partial charge in [0.15, 0.2) is 6.29 Å². The summed E-state index contributed by atoms with van der Waals surface area (Å²) in [7, 11) is 0. The Morgan fingerprint density at radius 2 is 1.94 bits per heavy atom. The van der Waals surface area contributed by atoms with Crippen molar-refractivity contribution in [3.05, 3.63) is 60.7 Å². The van der Waals surface area contributed by atoms with E-state index >= 15 is 0 Å². The smallest absolute Gasteiger partial charge is 0.223 e. The highest BCUT2D eigenvalue weighted by Gasteiger charge is 2.37. The van der Waals surface area contributed by atoms with Crippen LogP contribution in [0, 0.1) is 11.8 Å². The molecule has 2 fully saturated rings. The fourth-order valence-electron chi connectivity index (χ4n) is 6.23. The molecule has 1 amide bonds. The number of rotatable bonds is 5. The van der Waals surface area contributed by atoms with Gasteiger partial charge in [-0.2, -0.15) is 0 Å². The van der Waals surface area contributed by atoms with Crippen molar-refractivity contribution < 1.29 is 14.3 Å². The number of amides is 1. The van der Waals surface area contributed by atoms with Crippen molar-refractivity contribution in [3.63, 3.8) is 0 Å². The number of fused-ring (bicyclic) bond motifs is 2. The maximum absolute atomic E-state index is 13.3. The third-order valence-corrected chi connectivity index (χ3v) is 9.24. The predicted molar refractivity (Wildman–Crippen MR) is 148 cm³/mol. The SMILES string of the molecule is CCOC1OCCCC1CC(=O)N1CCC([C@H]2c3ncc(Br)cc3CCc3cc(Cl)cc(Br)c32)CC1. The first-order valence-electron chi connectivity index (χ1n) is 13.1. The summed E-state index contributed by atoms with van der Waals surface area (Å²) in [6.07, 6.45) is 7.95. The quantitative estimate of drug-likeness (QED) is 0.357. The van der Waals surface area contributed by atoms with E-state index < -0.39 is 0 Å². The molecule has 1 aromatic carbocycles. The van der Waals surface area contributed by atoms with Crippen molar-refractivity contribution in [2.75, 3.05) is 26.3 Å². The third kappa shape index (κ3) is 5.70. The van der Waals surface area contributed by atoms with Crippen LogP contribution in [-0.4, -0.2) is 48.4 Å². The molecule has 0 radical (unpaired) electrons. The lowest BCUT2D eigenvalue weighted by Crippen LogP contribution is -2.42. The number of hydrogen-bond donors (Lipinski definition) is 0. The Labute approximate surface area is 235 Å². The van der Waals surface area contributed by atoms with Crippen LogP contribution in [0.25, 0.3) is 0 Å². The molecule has 5 rings (SSSR count). The molecule has 36 heavy (non-hydrogen) atoms. The van der Waals surface area contributed by atoms with Crippen LogP contribution in [0.2, 0.25) is 5.02 Å². The van der Waals surface area contributed by atoms with Crippen molar-refractivity contribution in [2.24, 2.45) is 11.8 Å². The van der Waals surface area contributed by atoms with Gasteiger partial charge >= 0.3 is 0 Å². The van der Waals surface area contributed by atoms with Gasteiger partial charge in [0.25, 0.3) is 0 Å². The normalized spacial score (nSPS) is 24.7. The number of nitrogens with zero attached hydrogens (tertiary/aromatic N) is 2. The van der Waals surface area contributed by atoms with E-state index in [1.807, 2.05) is 19.2 Å². The molecule has 2 unspecified atom stereocenters. The van der Waals surface area contributed by atoms with E-state index in [9.17, 15) is 4.79 Å². The van der Waals surface area contributed by atoms with Gasteiger partial charge in [-0.25, -0.2) is 0 Å². The highest BCUT2D eigenvalue weighted by molar-refractivity contribution is 9.10. The van der Waals surface area contributed by atoms with Gasteiger partial charge in [0.1, 0.15) is 0 Å². The summed E-state index contributed by atoms with van der Waals surface area (Å²) >= 11 is 13.9. The monoisotopic (exact) mass is 638 g/mol. The highest BCUT2D eigenvalue weighted by atomic mass is 79.9. The molecule has 2 aromatic rings. The molecule has 0 N–H and O–H groups in total. The molecule has 2 saturated heterocycles. The molecular formula is C28H33Br2ClN2O3.